The van der Waals surface area contributed by atoms with Crippen molar-refractivity contribution >= 4 is 27.6 Å². The third-order valence-corrected chi connectivity index (χ3v) is 3.76. The van der Waals surface area contributed by atoms with Crippen molar-refractivity contribution in [1.82, 2.24) is 0 Å². The third-order valence-electron chi connectivity index (χ3n) is 2.85. The second kappa shape index (κ2) is 6.68. The van der Waals surface area contributed by atoms with E-state index in [2.05, 4.69) is 10.5 Å². The smallest absolute Gasteiger partial charge is 0.272 e. The second-order valence-corrected chi connectivity index (χ2v) is 6.08. The van der Waals surface area contributed by atoms with Gasteiger partial charge in [0, 0.05) is 17.7 Å². The highest BCUT2D eigenvalue weighted by Gasteiger charge is 2.18. The summed E-state index contributed by atoms with van der Waals surface area (Å²) < 4.78 is 48.6. The number of nitrogens with zero attached hydrogens (tertiary/aromatic N) is 2. The molecule has 2 aromatic carbocycles. The van der Waals surface area contributed by atoms with Crippen LogP contribution in [0.2, 0.25) is 0 Å². The number of hydrogen-bond acceptors (Lipinski definition) is 6. The predicted octanol–water partition coefficient (Wildman–Crippen LogP) is 1.97. The van der Waals surface area contributed by atoms with Crippen LogP contribution in [0.1, 0.15) is 5.56 Å². The normalized spacial score (nSPS) is 11.6. The van der Waals surface area contributed by atoms with Gasteiger partial charge in [0.1, 0.15) is 17.3 Å². The van der Waals surface area contributed by atoms with Crippen LogP contribution in [0, 0.1) is 21.7 Å². The molecule has 3 N–H and O–H groups in total. The highest BCUT2D eigenvalue weighted by Crippen LogP contribution is 2.27. The first kappa shape index (κ1) is 17.4. The molecule has 0 atom stereocenters. The Morgan fingerprint density at radius 2 is 1.92 bits per heavy atom. The average molecular weight is 356 g/mol. The van der Waals surface area contributed by atoms with Crippen molar-refractivity contribution in [1.29, 1.82) is 0 Å². The number of hydrogen-bond donors (Lipinski definition) is 2. The maximum atomic E-state index is 13.4. The lowest BCUT2D eigenvalue weighted by Gasteiger charge is -2.04. The van der Waals surface area contributed by atoms with Gasteiger partial charge in [0.2, 0.25) is 10.0 Å². The van der Waals surface area contributed by atoms with Crippen molar-refractivity contribution in [2.24, 2.45) is 10.2 Å². The highest BCUT2D eigenvalue weighted by molar-refractivity contribution is 7.89. The van der Waals surface area contributed by atoms with Gasteiger partial charge in [-0.05, 0) is 24.3 Å². The minimum atomic E-state index is -4.10. The van der Waals surface area contributed by atoms with Crippen LogP contribution in [0.15, 0.2) is 46.4 Å². The molecular weight excluding hydrogens is 346 g/mol. The van der Waals surface area contributed by atoms with Gasteiger partial charge in [0.15, 0.2) is 0 Å². The van der Waals surface area contributed by atoms with Gasteiger partial charge in [0.25, 0.3) is 5.69 Å². The number of primary sulfonamides is 1. The van der Waals surface area contributed by atoms with Crippen LogP contribution < -0.4 is 10.6 Å². The van der Waals surface area contributed by atoms with E-state index in [-0.39, 0.29) is 11.3 Å². The van der Waals surface area contributed by atoms with Crippen LogP contribution in [0.4, 0.5) is 20.2 Å². The largest absolute Gasteiger partial charge is 0.295 e. The first-order chi connectivity index (χ1) is 11.2. The van der Waals surface area contributed by atoms with E-state index in [9.17, 15) is 27.3 Å². The number of nitro benzene ring substituents is 1. The Morgan fingerprint density at radius 3 is 2.50 bits per heavy atom. The van der Waals surface area contributed by atoms with Gasteiger partial charge < -0.3 is 0 Å². The van der Waals surface area contributed by atoms with Crippen LogP contribution in [0.5, 0.6) is 0 Å². The molecule has 0 aliphatic heterocycles. The zero-order valence-electron chi connectivity index (χ0n) is 11.8. The van der Waals surface area contributed by atoms with Crippen LogP contribution in [-0.4, -0.2) is 19.6 Å². The number of nitrogens with one attached hydrogen (secondary N) is 1. The van der Waals surface area contributed by atoms with Crippen molar-refractivity contribution in [3.05, 3.63) is 63.7 Å². The molecule has 0 aliphatic carbocycles. The molecule has 0 amide bonds. The molecular formula is C13H10F2N4O4S. The Labute approximate surface area is 134 Å². The van der Waals surface area contributed by atoms with Gasteiger partial charge >= 0.3 is 0 Å². The zero-order chi connectivity index (χ0) is 17.9. The number of hydrazone groups is 1. The summed E-state index contributed by atoms with van der Waals surface area (Å²) >= 11 is 0. The summed E-state index contributed by atoms with van der Waals surface area (Å²) in [6.45, 7) is 0. The molecule has 0 aliphatic rings. The molecule has 0 saturated carbocycles. The molecule has 2 rings (SSSR count). The lowest BCUT2D eigenvalue weighted by Crippen LogP contribution is -2.12. The Hall–Kier alpha value is -2.92. The Balaban J connectivity index is 2.29. The maximum absolute atomic E-state index is 13.4. The van der Waals surface area contributed by atoms with Crippen molar-refractivity contribution in [2.75, 3.05) is 5.43 Å². The standard InChI is InChI=1S/C13H10F2N4O4S/c14-9-2-1-8(11(15)5-9)7-17-18-12-4-3-10(24(16,22)23)6-13(12)19(20)21/h1-7,18H,(H2,16,22,23)/b17-7-. The molecule has 0 fully saturated rings. The molecule has 126 valence electrons. The van der Waals surface area contributed by atoms with Gasteiger partial charge in [-0.3, -0.25) is 15.5 Å². The number of nitrogens with two attached hydrogens (primary N) is 1. The van der Waals surface area contributed by atoms with E-state index in [4.69, 9.17) is 5.14 Å². The number of benzene rings is 2. The number of nitro groups is 1. The van der Waals surface area contributed by atoms with Crippen molar-refractivity contribution in [2.45, 2.75) is 4.90 Å². The minimum absolute atomic E-state index is 0.0484. The minimum Gasteiger partial charge on any atom is -0.272 e. The Bertz CT molecular complexity index is 932. The molecule has 11 heteroatoms. The van der Waals surface area contributed by atoms with E-state index in [1.165, 1.54) is 0 Å². The van der Waals surface area contributed by atoms with Crippen molar-refractivity contribution in [3.63, 3.8) is 0 Å². The van der Waals surface area contributed by atoms with Gasteiger partial charge in [-0.2, -0.15) is 5.10 Å². The molecule has 8 nitrogen and oxygen atoms in total. The van der Waals surface area contributed by atoms with Crippen molar-refractivity contribution < 1.29 is 22.1 Å². The molecule has 0 aromatic heterocycles. The third kappa shape index (κ3) is 4.08. The average Bonchev–Trinajstić information content (AvgIpc) is 2.48. The van der Waals surface area contributed by atoms with Crippen LogP contribution in [0.25, 0.3) is 0 Å². The molecule has 0 unspecified atom stereocenters. The van der Waals surface area contributed by atoms with Crippen LogP contribution in [-0.2, 0) is 10.0 Å². The number of anilines is 1. The fourth-order valence-electron chi connectivity index (χ4n) is 1.71. The summed E-state index contributed by atoms with van der Waals surface area (Å²) in [7, 11) is -4.10. The first-order valence-corrected chi connectivity index (χ1v) is 7.78. The summed E-state index contributed by atoms with van der Waals surface area (Å²) in [5.74, 6) is -1.62. The van der Waals surface area contributed by atoms with Gasteiger partial charge in [-0.15, -0.1) is 0 Å². The van der Waals surface area contributed by atoms with Gasteiger partial charge in [-0.25, -0.2) is 22.3 Å². The molecule has 0 heterocycles. The molecule has 0 bridgehead atoms. The van der Waals surface area contributed by atoms with E-state index < -0.39 is 37.2 Å². The number of rotatable bonds is 5. The van der Waals surface area contributed by atoms with E-state index in [1.54, 1.807) is 0 Å². The fraction of sp³-hybridized carbons (Fsp3) is 0. The maximum Gasteiger partial charge on any atom is 0.295 e. The Kier molecular flexibility index (Phi) is 4.85. The van der Waals surface area contributed by atoms with E-state index in [0.717, 1.165) is 36.5 Å². The van der Waals surface area contributed by atoms with Crippen molar-refractivity contribution in [3.8, 4) is 0 Å². The second-order valence-electron chi connectivity index (χ2n) is 4.52. The molecule has 24 heavy (non-hydrogen) atoms. The van der Waals surface area contributed by atoms with Crippen LogP contribution in [0.3, 0.4) is 0 Å². The zero-order valence-corrected chi connectivity index (χ0v) is 12.6. The number of halogens is 2. The lowest BCUT2D eigenvalue weighted by molar-refractivity contribution is -0.384. The van der Waals surface area contributed by atoms with E-state index >= 15 is 0 Å². The SMILES string of the molecule is NS(=O)(=O)c1ccc(N/N=C\c2ccc(F)cc2F)c([N+](=O)[O-])c1. The summed E-state index contributed by atoms with van der Waals surface area (Å²) in [4.78, 5) is 9.74. The molecule has 2 aromatic rings. The summed E-state index contributed by atoms with van der Waals surface area (Å²) in [5.41, 5.74) is 1.53. The molecule has 0 saturated heterocycles. The molecule has 0 spiro atoms. The van der Waals surface area contributed by atoms with Crippen LogP contribution >= 0.6 is 0 Å². The van der Waals surface area contributed by atoms with Gasteiger partial charge in [0.05, 0.1) is 16.0 Å². The fourth-order valence-corrected chi connectivity index (χ4v) is 2.25. The highest BCUT2D eigenvalue weighted by atomic mass is 32.2. The van der Waals surface area contributed by atoms with Gasteiger partial charge in [-0.1, -0.05) is 0 Å². The Morgan fingerprint density at radius 1 is 1.21 bits per heavy atom. The lowest BCUT2D eigenvalue weighted by atomic mass is 10.2. The topological polar surface area (TPSA) is 128 Å². The van der Waals surface area contributed by atoms with E-state index in [1.807, 2.05) is 0 Å². The first-order valence-electron chi connectivity index (χ1n) is 6.24. The quantitative estimate of drug-likeness (QED) is 0.481. The monoisotopic (exact) mass is 356 g/mol. The van der Waals surface area contributed by atoms with E-state index in [0.29, 0.717) is 6.07 Å². The summed E-state index contributed by atoms with van der Waals surface area (Å²) in [6.07, 6.45) is 0.992. The predicted molar refractivity (Wildman–Crippen MR) is 82.0 cm³/mol. The molecule has 0 radical (unpaired) electrons. The number of sulfonamides is 1. The summed E-state index contributed by atoms with van der Waals surface area (Å²) in [6, 6.07) is 5.73. The summed E-state index contributed by atoms with van der Waals surface area (Å²) in [5, 5.41) is 19.5.